The lowest BCUT2D eigenvalue weighted by molar-refractivity contribution is -0.139. The average Bonchev–Trinajstić information content (AvgIpc) is 3.37. The third-order valence-corrected chi connectivity index (χ3v) is 5.68. The molecule has 2 aromatic carbocycles. The monoisotopic (exact) mass is 465 g/mol. The number of carbonyl (C=O) groups is 2. The zero-order valence-corrected chi connectivity index (χ0v) is 17.7. The van der Waals surface area contributed by atoms with E-state index in [2.05, 4.69) is 20.9 Å². The smallest absolute Gasteiger partial charge is 0.295 e. The number of aryl methyl sites for hydroxylation is 1. The van der Waals surface area contributed by atoms with Gasteiger partial charge in [-0.25, -0.2) is 4.98 Å². The molecule has 1 saturated heterocycles. The van der Waals surface area contributed by atoms with Crippen LogP contribution < -0.4 is 0 Å². The molecule has 1 aromatic heterocycles. The fraction of sp³-hybridized carbons (Fsp3) is 0.174. The van der Waals surface area contributed by atoms with Crippen molar-refractivity contribution < 1.29 is 14.7 Å². The molecule has 1 aliphatic heterocycles. The molecule has 1 atom stereocenters. The van der Waals surface area contributed by atoms with Gasteiger partial charge in [-0.2, -0.15) is 0 Å². The van der Waals surface area contributed by atoms with E-state index in [1.54, 1.807) is 41.7 Å². The molecule has 1 fully saturated rings. The Morgan fingerprint density at radius 2 is 1.77 bits per heavy atom. The van der Waals surface area contributed by atoms with Crippen LogP contribution in [0, 0.1) is 0 Å². The van der Waals surface area contributed by atoms with E-state index in [1.807, 2.05) is 41.1 Å². The van der Waals surface area contributed by atoms with Crippen molar-refractivity contribution in [1.82, 2.24) is 14.5 Å². The number of amides is 1. The molecule has 1 amide bonds. The van der Waals surface area contributed by atoms with E-state index >= 15 is 0 Å². The molecule has 3 aromatic rings. The van der Waals surface area contributed by atoms with Gasteiger partial charge in [0, 0.05) is 35.5 Å². The van der Waals surface area contributed by atoms with E-state index in [1.165, 1.54) is 0 Å². The van der Waals surface area contributed by atoms with Crippen molar-refractivity contribution in [3.8, 4) is 0 Å². The number of imidazole rings is 1. The molecule has 2 heterocycles. The fourth-order valence-corrected chi connectivity index (χ4v) is 3.96. The highest BCUT2D eigenvalue weighted by Gasteiger charge is 2.45. The van der Waals surface area contributed by atoms with Crippen LogP contribution in [-0.4, -0.2) is 37.8 Å². The van der Waals surface area contributed by atoms with Gasteiger partial charge in [-0.15, -0.1) is 0 Å². The SMILES string of the molecule is O=C1C(=O)N(CCCn2ccnc2)[C@H](c2ccccc2)C1=C(O)c1ccc(Br)cc1. The molecule has 0 unspecified atom stereocenters. The lowest BCUT2D eigenvalue weighted by atomic mass is 9.95. The maximum atomic E-state index is 12.9. The summed E-state index contributed by atoms with van der Waals surface area (Å²) in [5.41, 5.74) is 1.41. The lowest BCUT2D eigenvalue weighted by Crippen LogP contribution is -2.31. The molecule has 0 radical (unpaired) electrons. The van der Waals surface area contributed by atoms with Gasteiger partial charge in [0.25, 0.3) is 11.7 Å². The molecule has 6 nitrogen and oxygen atoms in total. The number of Topliss-reactive ketones (excluding diaryl/α,β-unsaturated/α-hetero) is 1. The summed E-state index contributed by atoms with van der Waals surface area (Å²) in [4.78, 5) is 31.4. The van der Waals surface area contributed by atoms with Crippen LogP contribution in [-0.2, 0) is 16.1 Å². The highest BCUT2D eigenvalue weighted by molar-refractivity contribution is 9.10. The van der Waals surface area contributed by atoms with Gasteiger partial charge in [0.2, 0.25) is 0 Å². The Morgan fingerprint density at radius 3 is 2.43 bits per heavy atom. The number of nitrogens with zero attached hydrogens (tertiary/aromatic N) is 3. The summed E-state index contributed by atoms with van der Waals surface area (Å²) in [6, 6.07) is 15.7. The second-order valence-electron chi connectivity index (χ2n) is 7.06. The summed E-state index contributed by atoms with van der Waals surface area (Å²) in [7, 11) is 0. The van der Waals surface area contributed by atoms with Crippen LogP contribution >= 0.6 is 15.9 Å². The van der Waals surface area contributed by atoms with Crippen molar-refractivity contribution in [2.24, 2.45) is 0 Å². The van der Waals surface area contributed by atoms with Gasteiger partial charge in [0.1, 0.15) is 5.76 Å². The average molecular weight is 466 g/mol. The molecule has 152 valence electrons. The molecule has 0 spiro atoms. The number of hydrogen-bond donors (Lipinski definition) is 1. The quantitative estimate of drug-likeness (QED) is 0.337. The topological polar surface area (TPSA) is 75.4 Å². The molecule has 0 saturated carbocycles. The number of benzene rings is 2. The van der Waals surface area contributed by atoms with Crippen LogP contribution in [0.25, 0.3) is 5.76 Å². The van der Waals surface area contributed by atoms with E-state index in [0.29, 0.717) is 25.1 Å². The zero-order valence-electron chi connectivity index (χ0n) is 16.1. The van der Waals surface area contributed by atoms with E-state index in [9.17, 15) is 14.7 Å². The van der Waals surface area contributed by atoms with Gasteiger partial charge in [0.05, 0.1) is 17.9 Å². The Bertz CT molecular complexity index is 1080. The van der Waals surface area contributed by atoms with Crippen LogP contribution in [0.4, 0.5) is 0 Å². The van der Waals surface area contributed by atoms with Gasteiger partial charge in [-0.05, 0) is 24.1 Å². The molecule has 0 aliphatic carbocycles. The van der Waals surface area contributed by atoms with Crippen molar-refractivity contribution in [1.29, 1.82) is 0 Å². The van der Waals surface area contributed by atoms with Crippen molar-refractivity contribution >= 4 is 33.4 Å². The number of carbonyl (C=O) groups excluding carboxylic acids is 2. The Morgan fingerprint density at radius 1 is 1.03 bits per heavy atom. The predicted octanol–water partition coefficient (Wildman–Crippen LogP) is 4.16. The Labute approximate surface area is 182 Å². The first-order valence-electron chi connectivity index (χ1n) is 9.61. The van der Waals surface area contributed by atoms with Crippen molar-refractivity contribution in [3.63, 3.8) is 0 Å². The van der Waals surface area contributed by atoms with Crippen LogP contribution in [0.5, 0.6) is 0 Å². The molecule has 7 heteroatoms. The third kappa shape index (κ3) is 3.93. The fourth-order valence-electron chi connectivity index (χ4n) is 3.70. The van der Waals surface area contributed by atoms with E-state index in [0.717, 1.165) is 10.0 Å². The van der Waals surface area contributed by atoms with Crippen LogP contribution in [0.2, 0.25) is 0 Å². The molecule has 0 bridgehead atoms. The summed E-state index contributed by atoms with van der Waals surface area (Å²) in [6.45, 7) is 1.07. The highest BCUT2D eigenvalue weighted by atomic mass is 79.9. The number of halogens is 1. The van der Waals surface area contributed by atoms with E-state index < -0.39 is 17.7 Å². The summed E-state index contributed by atoms with van der Waals surface area (Å²) in [6.07, 6.45) is 5.94. The maximum absolute atomic E-state index is 12.9. The number of rotatable bonds is 6. The van der Waals surface area contributed by atoms with Crippen molar-refractivity contribution in [3.05, 3.63) is 94.5 Å². The first-order chi connectivity index (χ1) is 14.6. The Kier molecular flexibility index (Phi) is 5.81. The Balaban J connectivity index is 1.71. The normalized spacial score (nSPS) is 18.2. The molecular formula is C23H20BrN3O3. The van der Waals surface area contributed by atoms with Crippen molar-refractivity contribution in [2.75, 3.05) is 6.54 Å². The van der Waals surface area contributed by atoms with Crippen molar-refractivity contribution in [2.45, 2.75) is 19.0 Å². The summed E-state index contributed by atoms with van der Waals surface area (Å²) in [5.74, 6) is -1.41. The van der Waals surface area contributed by atoms with Gasteiger partial charge >= 0.3 is 0 Å². The van der Waals surface area contributed by atoms with Gasteiger partial charge in [0.15, 0.2) is 0 Å². The van der Waals surface area contributed by atoms with Crippen LogP contribution in [0.15, 0.2) is 83.4 Å². The molecule has 1 aliphatic rings. The number of ketones is 1. The van der Waals surface area contributed by atoms with Crippen LogP contribution in [0.3, 0.4) is 0 Å². The third-order valence-electron chi connectivity index (χ3n) is 5.15. The number of aliphatic hydroxyl groups is 1. The molecule has 1 N–H and O–H groups in total. The van der Waals surface area contributed by atoms with Gasteiger partial charge in [-0.3, -0.25) is 9.59 Å². The predicted molar refractivity (Wildman–Crippen MR) is 116 cm³/mol. The largest absolute Gasteiger partial charge is 0.507 e. The number of likely N-dealkylation sites (tertiary alicyclic amines) is 1. The minimum Gasteiger partial charge on any atom is -0.507 e. The molecule has 4 rings (SSSR count). The van der Waals surface area contributed by atoms with E-state index in [4.69, 9.17) is 0 Å². The number of aliphatic hydroxyl groups excluding tert-OH is 1. The maximum Gasteiger partial charge on any atom is 0.295 e. The minimum atomic E-state index is -0.660. The van der Waals surface area contributed by atoms with Crippen LogP contribution in [0.1, 0.15) is 23.6 Å². The summed E-state index contributed by atoms with van der Waals surface area (Å²) < 4.78 is 2.79. The molecule has 30 heavy (non-hydrogen) atoms. The first-order valence-corrected chi connectivity index (χ1v) is 10.4. The zero-order chi connectivity index (χ0) is 21.1. The van der Waals surface area contributed by atoms with E-state index in [-0.39, 0.29) is 11.3 Å². The number of aromatic nitrogens is 2. The van der Waals surface area contributed by atoms with Gasteiger partial charge in [-0.1, -0.05) is 58.4 Å². The Hall–Kier alpha value is -3.19. The second-order valence-corrected chi connectivity index (χ2v) is 7.98. The molecular weight excluding hydrogens is 446 g/mol. The standard InChI is InChI=1S/C23H20BrN3O3/c24-18-9-7-17(8-10-18)21(28)19-20(16-5-2-1-3-6-16)27(23(30)22(19)29)13-4-12-26-14-11-25-15-26/h1-3,5-11,14-15,20,28H,4,12-13H2/t20-/m1/s1. The second kappa shape index (κ2) is 8.67. The lowest BCUT2D eigenvalue weighted by Gasteiger charge is -2.25. The van der Waals surface area contributed by atoms with Gasteiger partial charge < -0.3 is 14.6 Å². The first kappa shape index (κ1) is 20.1. The summed E-state index contributed by atoms with van der Waals surface area (Å²) in [5, 5.41) is 11.0. The minimum absolute atomic E-state index is 0.121. The number of hydrogen-bond acceptors (Lipinski definition) is 4. The highest BCUT2D eigenvalue weighted by Crippen LogP contribution is 2.39. The summed E-state index contributed by atoms with van der Waals surface area (Å²) >= 11 is 3.37.